The van der Waals surface area contributed by atoms with Gasteiger partial charge in [-0.1, -0.05) is 74.0 Å². The molecule has 0 radical (unpaired) electrons. The van der Waals surface area contributed by atoms with E-state index in [0.29, 0.717) is 12.0 Å². The first-order valence-electron chi connectivity index (χ1n) is 12.6. The topological polar surface area (TPSA) is 169 Å². The SMILES string of the molecule is CCC[C@H](NC(=O)OCc1ccccc1)C(=O)NC(CC(=O)OC)(C(C)NC(=O)OCc1ccccc1)[P+](=O)O. The second-order valence-electron chi connectivity index (χ2n) is 8.91. The molecule has 2 aromatic carbocycles. The van der Waals surface area contributed by atoms with Gasteiger partial charge in [0.05, 0.1) is 7.11 Å². The van der Waals surface area contributed by atoms with Gasteiger partial charge in [-0.05, 0) is 29.0 Å². The first kappa shape index (κ1) is 32.2. The Balaban J connectivity index is 2.17. The number of carbonyl (C=O) groups is 4. The molecule has 4 N–H and O–H groups in total. The van der Waals surface area contributed by atoms with E-state index in [9.17, 15) is 28.6 Å². The summed E-state index contributed by atoms with van der Waals surface area (Å²) in [6.07, 6.45) is -1.95. The van der Waals surface area contributed by atoms with Gasteiger partial charge in [0.2, 0.25) is 5.91 Å². The maximum atomic E-state index is 13.3. The Morgan fingerprint density at radius 2 is 1.40 bits per heavy atom. The largest absolute Gasteiger partial charge is 0.536 e. The molecule has 0 bridgehead atoms. The molecular weight excluding hydrogens is 541 g/mol. The van der Waals surface area contributed by atoms with Gasteiger partial charge in [-0.3, -0.25) is 9.59 Å². The normalized spacial score (nSPS) is 13.9. The van der Waals surface area contributed by atoms with Crippen LogP contribution in [0.25, 0.3) is 0 Å². The predicted molar refractivity (Wildman–Crippen MR) is 145 cm³/mol. The summed E-state index contributed by atoms with van der Waals surface area (Å²) in [5.41, 5.74) is 1.45. The van der Waals surface area contributed by atoms with Crippen molar-refractivity contribution in [2.24, 2.45) is 0 Å². The van der Waals surface area contributed by atoms with Crippen molar-refractivity contribution in [2.45, 2.75) is 63.7 Å². The molecule has 3 amide bonds. The standard InChI is InChI=1S/C27H34N3O9P/c1-4-11-22(29-26(34)39-18-21-14-9-6-10-15-21)24(32)30-27(40(35)36,16-23(31)37-3)19(2)28-25(33)38-17-20-12-7-5-8-13-20/h5-10,12-15,19,22H,4,11,16-18H2,1-3H3,(H3-,28,29,30,32,33,34,35,36)/p+1/t19?,22-,27?/m0/s1. The van der Waals surface area contributed by atoms with Crippen molar-refractivity contribution in [2.75, 3.05) is 7.11 Å². The van der Waals surface area contributed by atoms with Crippen LogP contribution in [0.1, 0.15) is 44.2 Å². The molecule has 2 aromatic rings. The van der Waals surface area contributed by atoms with Crippen molar-refractivity contribution >= 4 is 32.1 Å². The van der Waals surface area contributed by atoms with Crippen LogP contribution in [0.5, 0.6) is 0 Å². The van der Waals surface area contributed by atoms with E-state index in [-0.39, 0.29) is 19.6 Å². The van der Waals surface area contributed by atoms with Crippen molar-refractivity contribution in [3.63, 3.8) is 0 Å². The molecule has 40 heavy (non-hydrogen) atoms. The lowest BCUT2D eigenvalue weighted by atomic mass is 10.0. The van der Waals surface area contributed by atoms with Crippen LogP contribution in [0, 0.1) is 0 Å². The molecule has 0 aliphatic heterocycles. The molecule has 0 saturated heterocycles. The predicted octanol–water partition coefficient (Wildman–Crippen LogP) is 3.51. The third-order valence-electron chi connectivity index (χ3n) is 5.98. The van der Waals surface area contributed by atoms with Gasteiger partial charge in [-0.2, -0.15) is 4.89 Å². The summed E-state index contributed by atoms with van der Waals surface area (Å²) in [6, 6.07) is 15.3. The minimum absolute atomic E-state index is 0.0338. The summed E-state index contributed by atoms with van der Waals surface area (Å²) in [7, 11) is -2.25. The van der Waals surface area contributed by atoms with Gasteiger partial charge in [-0.25, -0.2) is 9.59 Å². The number of alkyl carbamates (subject to hydrolysis) is 2. The highest BCUT2D eigenvalue weighted by Gasteiger charge is 2.58. The second-order valence-corrected chi connectivity index (χ2v) is 10.3. The number of hydrogen-bond donors (Lipinski definition) is 4. The number of esters is 1. The average molecular weight is 577 g/mol. The summed E-state index contributed by atoms with van der Waals surface area (Å²) in [6.45, 7) is 3.01. The number of nitrogens with one attached hydrogen (secondary N) is 3. The van der Waals surface area contributed by atoms with E-state index in [0.717, 1.165) is 12.7 Å². The van der Waals surface area contributed by atoms with Crippen molar-refractivity contribution in [1.82, 2.24) is 16.0 Å². The van der Waals surface area contributed by atoms with E-state index < -0.39 is 55.9 Å². The molecule has 2 rings (SSSR count). The van der Waals surface area contributed by atoms with Gasteiger partial charge in [0.25, 0.3) is 5.28 Å². The van der Waals surface area contributed by atoms with Crippen LogP contribution in [-0.4, -0.2) is 53.4 Å². The van der Waals surface area contributed by atoms with Crippen molar-refractivity contribution in [1.29, 1.82) is 0 Å². The number of ether oxygens (including phenoxy) is 3. The van der Waals surface area contributed by atoms with Gasteiger partial charge >= 0.3 is 26.2 Å². The number of amides is 3. The van der Waals surface area contributed by atoms with Gasteiger partial charge in [0.1, 0.15) is 31.7 Å². The molecule has 12 nitrogen and oxygen atoms in total. The average Bonchev–Trinajstić information content (AvgIpc) is 2.95. The van der Waals surface area contributed by atoms with Crippen molar-refractivity contribution in [3.8, 4) is 0 Å². The minimum Gasteiger partial charge on any atom is -0.469 e. The first-order chi connectivity index (χ1) is 19.1. The monoisotopic (exact) mass is 576 g/mol. The summed E-state index contributed by atoms with van der Waals surface area (Å²) in [4.78, 5) is 60.8. The van der Waals surface area contributed by atoms with Crippen molar-refractivity contribution in [3.05, 3.63) is 71.8 Å². The third kappa shape index (κ3) is 9.94. The Morgan fingerprint density at radius 3 is 1.85 bits per heavy atom. The quantitative estimate of drug-likeness (QED) is 0.149. The Labute approximate surface area is 233 Å². The first-order valence-corrected chi connectivity index (χ1v) is 13.8. The van der Waals surface area contributed by atoms with E-state index in [1.807, 2.05) is 6.07 Å². The molecule has 216 valence electrons. The van der Waals surface area contributed by atoms with E-state index in [1.165, 1.54) is 6.92 Å². The Morgan fingerprint density at radius 1 is 0.900 bits per heavy atom. The lowest BCUT2D eigenvalue weighted by Crippen LogP contribution is -2.63. The highest BCUT2D eigenvalue weighted by Crippen LogP contribution is 2.39. The lowest BCUT2D eigenvalue weighted by Gasteiger charge is -2.30. The highest BCUT2D eigenvalue weighted by atomic mass is 31.1. The highest BCUT2D eigenvalue weighted by molar-refractivity contribution is 7.40. The van der Waals surface area contributed by atoms with Crippen LogP contribution >= 0.6 is 8.03 Å². The third-order valence-corrected chi connectivity index (χ3v) is 7.32. The molecule has 3 unspecified atom stereocenters. The van der Waals surface area contributed by atoms with Crippen LogP contribution in [0.2, 0.25) is 0 Å². The number of rotatable bonds is 14. The molecule has 0 fully saturated rings. The van der Waals surface area contributed by atoms with E-state index in [1.54, 1.807) is 61.5 Å². The van der Waals surface area contributed by atoms with Gasteiger partial charge in [-0.15, -0.1) is 0 Å². The summed E-state index contributed by atoms with van der Waals surface area (Å²) in [5.74, 6) is -1.77. The zero-order valence-corrected chi connectivity index (χ0v) is 23.5. The zero-order valence-electron chi connectivity index (χ0n) is 22.6. The van der Waals surface area contributed by atoms with E-state index in [2.05, 4.69) is 20.7 Å². The van der Waals surface area contributed by atoms with Crippen molar-refractivity contribution < 1.29 is 42.8 Å². The van der Waals surface area contributed by atoms with Gasteiger partial charge in [0, 0.05) is 0 Å². The lowest BCUT2D eigenvalue weighted by molar-refractivity contribution is -0.142. The number of carbonyl (C=O) groups excluding carboxylic acids is 4. The van der Waals surface area contributed by atoms with Crippen LogP contribution in [0.3, 0.4) is 0 Å². The molecule has 0 aromatic heterocycles. The second kappa shape index (κ2) is 16.2. The summed E-state index contributed by atoms with van der Waals surface area (Å²) in [5, 5.41) is 5.11. The maximum absolute atomic E-state index is 13.3. The molecule has 4 atom stereocenters. The van der Waals surface area contributed by atoms with Crippen LogP contribution in [-0.2, 0) is 41.6 Å². The smallest absolute Gasteiger partial charge is 0.469 e. The van der Waals surface area contributed by atoms with Gasteiger partial charge in [0.15, 0.2) is 0 Å². The summed E-state index contributed by atoms with van der Waals surface area (Å²) >= 11 is 0. The fourth-order valence-corrected chi connectivity index (χ4v) is 4.57. The molecule has 0 spiro atoms. The zero-order chi connectivity index (χ0) is 29.5. The Hall–Kier alpha value is -4.02. The Kier molecular flexibility index (Phi) is 13.0. The number of methoxy groups -OCH3 is 1. The molecule has 0 heterocycles. The number of benzene rings is 2. The Bertz CT molecular complexity index is 1150. The fraction of sp³-hybridized carbons (Fsp3) is 0.407. The number of hydrogen-bond acceptors (Lipinski definition) is 8. The summed E-state index contributed by atoms with van der Waals surface area (Å²) < 4.78 is 27.8. The van der Waals surface area contributed by atoms with Crippen LogP contribution < -0.4 is 16.0 Å². The van der Waals surface area contributed by atoms with Crippen LogP contribution in [0.15, 0.2) is 60.7 Å². The van der Waals surface area contributed by atoms with E-state index >= 15 is 0 Å². The molecule has 0 aliphatic carbocycles. The van der Waals surface area contributed by atoms with Crippen LogP contribution in [0.4, 0.5) is 9.59 Å². The van der Waals surface area contributed by atoms with E-state index in [4.69, 9.17) is 9.47 Å². The minimum atomic E-state index is -3.33. The molecule has 0 aliphatic rings. The molecule has 13 heteroatoms. The fourth-order valence-electron chi connectivity index (χ4n) is 3.70. The maximum Gasteiger partial charge on any atom is 0.536 e. The molecular formula is C27H35N3O9P+. The van der Waals surface area contributed by atoms with Gasteiger partial charge < -0.3 is 30.2 Å². The molecule has 0 saturated carbocycles.